The van der Waals surface area contributed by atoms with Gasteiger partial charge in [-0.05, 0) is 37.3 Å². The summed E-state index contributed by atoms with van der Waals surface area (Å²) in [5.74, 6) is 1.95. The number of aromatic nitrogens is 2. The number of nitrogens with zero attached hydrogens (tertiary/aromatic N) is 2. The zero-order valence-corrected chi connectivity index (χ0v) is 13.3. The predicted molar refractivity (Wildman–Crippen MR) is 86.2 cm³/mol. The van der Waals surface area contributed by atoms with Crippen molar-refractivity contribution >= 4 is 11.0 Å². The third-order valence-electron chi connectivity index (χ3n) is 5.48. The molecule has 1 aliphatic carbocycles. The van der Waals surface area contributed by atoms with E-state index in [1.807, 2.05) is 6.07 Å². The van der Waals surface area contributed by atoms with Gasteiger partial charge in [0.1, 0.15) is 5.82 Å². The number of aliphatic hydroxyl groups is 1. The van der Waals surface area contributed by atoms with E-state index in [0.717, 1.165) is 30.7 Å². The summed E-state index contributed by atoms with van der Waals surface area (Å²) in [5, 5.41) is 11.2. The minimum absolute atomic E-state index is 0.330. The summed E-state index contributed by atoms with van der Waals surface area (Å²) in [6, 6.07) is 8.26. The van der Waals surface area contributed by atoms with Crippen molar-refractivity contribution in [3.63, 3.8) is 0 Å². The van der Waals surface area contributed by atoms with Crippen LogP contribution in [0, 0.1) is 11.8 Å². The van der Waals surface area contributed by atoms with E-state index < -0.39 is 5.60 Å². The van der Waals surface area contributed by atoms with E-state index in [-0.39, 0.29) is 0 Å². The number of benzene rings is 1. The Bertz CT molecular complexity index is 633. The topological polar surface area (TPSA) is 38.0 Å². The molecule has 3 unspecified atom stereocenters. The quantitative estimate of drug-likeness (QED) is 0.932. The van der Waals surface area contributed by atoms with Gasteiger partial charge in [0.2, 0.25) is 0 Å². The number of hydrogen-bond donors (Lipinski definition) is 1. The van der Waals surface area contributed by atoms with Crippen LogP contribution in [-0.4, -0.2) is 20.3 Å². The molecule has 1 heterocycles. The molecule has 1 saturated carbocycles. The molecule has 2 aromatic rings. The highest BCUT2D eigenvalue weighted by atomic mass is 16.3. The van der Waals surface area contributed by atoms with Crippen LogP contribution >= 0.6 is 0 Å². The van der Waals surface area contributed by atoms with E-state index in [1.54, 1.807) is 0 Å². The highest BCUT2D eigenvalue weighted by molar-refractivity contribution is 5.75. The van der Waals surface area contributed by atoms with Gasteiger partial charge >= 0.3 is 0 Å². The molecular formula is C18H26N2O. The molecule has 0 amide bonds. The van der Waals surface area contributed by atoms with Gasteiger partial charge in [0.15, 0.2) is 0 Å². The maximum absolute atomic E-state index is 11.2. The zero-order chi connectivity index (χ0) is 15.0. The van der Waals surface area contributed by atoms with Gasteiger partial charge in [-0.15, -0.1) is 0 Å². The Morgan fingerprint density at radius 2 is 2.10 bits per heavy atom. The summed E-state index contributed by atoms with van der Waals surface area (Å²) in [4.78, 5) is 4.79. The molecule has 0 aliphatic heterocycles. The van der Waals surface area contributed by atoms with Crippen molar-refractivity contribution in [2.75, 3.05) is 0 Å². The first kappa shape index (κ1) is 14.6. The van der Waals surface area contributed by atoms with Crippen molar-refractivity contribution in [1.29, 1.82) is 0 Å². The maximum Gasteiger partial charge on any atom is 0.112 e. The van der Waals surface area contributed by atoms with E-state index in [9.17, 15) is 5.11 Å². The van der Waals surface area contributed by atoms with E-state index in [0.29, 0.717) is 18.3 Å². The molecule has 1 fully saturated rings. The average molecular weight is 286 g/mol. The number of fused-ring (bicyclic) bond motifs is 1. The van der Waals surface area contributed by atoms with Gasteiger partial charge in [0, 0.05) is 13.0 Å². The Morgan fingerprint density at radius 3 is 2.86 bits per heavy atom. The second kappa shape index (κ2) is 5.45. The lowest BCUT2D eigenvalue weighted by Crippen LogP contribution is -2.45. The zero-order valence-electron chi connectivity index (χ0n) is 13.3. The van der Waals surface area contributed by atoms with Gasteiger partial charge in [0.05, 0.1) is 16.6 Å². The van der Waals surface area contributed by atoms with Crippen molar-refractivity contribution in [2.24, 2.45) is 11.8 Å². The Morgan fingerprint density at radius 1 is 1.33 bits per heavy atom. The Labute approximate surface area is 127 Å². The number of imidazole rings is 1. The normalized spacial score (nSPS) is 29.9. The summed E-state index contributed by atoms with van der Waals surface area (Å²) >= 11 is 0. The van der Waals surface area contributed by atoms with Crippen LogP contribution < -0.4 is 0 Å². The van der Waals surface area contributed by atoms with Crippen LogP contribution in [0.4, 0.5) is 0 Å². The first-order valence-corrected chi connectivity index (χ1v) is 8.21. The molecule has 1 aromatic heterocycles. The highest BCUT2D eigenvalue weighted by Crippen LogP contribution is 2.39. The molecular weight excluding hydrogens is 260 g/mol. The van der Waals surface area contributed by atoms with Gasteiger partial charge in [-0.3, -0.25) is 0 Å². The molecule has 0 saturated heterocycles. The standard InChI is InChI=1S/C18H26N2O/c1-4-20-16-10-6-5-9-15(16)19-17(20)12-18(21)11-7-8-13(2)14(18)3/h5-6,9-10,13-14,21H,4,7-8,11-12H2,1-3H3. The number of para-hydroxylation sites is 2. The van der Waals surface area contributed by atoms with E-state index >= 15 is 0 Å². The van der Waals surface area contributed by atoms with E-state index in [4.69, 9.17) is 4.98 Å². The van der Waals surface area contributed by atoms with Crippen molar-refractivity contribution in [3.8, 4) is 0 Å². The summed E-state index contributed by atoms with van der Waals surface area (Å²) in [5.41, 5.74) is 1.61. The second-order valence-electron chi connectivity index (χ2n) is 6.70. The van der Waals surface area contributed by atoms with E-state index in [2.05, 4.69) is 43.5 Å². The van der Waals surface area contributed by atoms with Crippen molar-refractivity contribution in [2.45, 2.75) is 58.6 Å². The lowest BCUT2D eigenvalue weighted by Gasteiger charge is -2.42. The molecule has 1 N–H and O–H groups in total. The van der Waals surface area contributed by atoms with Gasteiger partial charge in [-0.1, -0.05) is 38.8 Å². The van der Waals surface area contributed by atoms with Crippen LogP contribution in [0.15, 0.2) is 24.3 Å². The fourth-order valence-electron chi connectivity index (χ4n) is 3.87. The molecule has 3 atom stereocenters. The molecule has 1 aliphatic rings. The summed E-state index contributed by atoms with van der Waals surface area (Å²) in [7, 11) is 0. The predicted octanol–water partition coefficient (Wildman–Crippen LogP) is 3.79. The highest BCUT2D eigenvalue weighted by Gasteiger charge is 2.40. The lowest BCUT2D eigenvalue weighted by molar-refractivity contribution is -0.0638. The monoisotopic (exact) mass is 286 g/mol. The number of rotatable bonds is 3. The molecule has 21 heavy (non-hydrogen) atoms. The molecule has 0 spiro atoms. The molecule has 0 bridgehead atoms. The largest absolute Gasteiger partial charge is 0.389 e. The minimum Gasteiger partial charge on any atom is -0.389 e. The van der Waals surface area contributed by atoms with Crippen LogP contribution in [0.5, 0.6) is 0 Å². The molecule has 3 rings (SSSR count). The smallest absolute Gasteiger partial charge is 0.112 e. The van der Waals surface area contributed by atoms with Crippen molar-refractivity contribution in [3.05, 3.63) is 30.1 Å². The van der Waals surface area contributed by atoms with Crippen LogP contribution in [-0.2, 0) is 13.0 Å². The van der Waals surface area contributed by atoms with Crippen LogP contribution in [0.25, 0.3) is 11.0 Å². The number of hydrogen-bond acceptors (Lipinski definition) is 2. The molecule has 1 aromatic carbocycles. The van der Waals surface area contributed by atoms with Crippen LogP contribution in [0.2, 0.25) is 0 Å². The van der Waals surface area contributed by atoms with Gasteiger partial charge < -0.3 is 9.67 Å². The van der Waals surface area contributed by atoms with Crippen LogP contribution in [0.3, 0.4) is 0 Å². The first-order valence-electron chi connectivity index (χ1n) is 8.21. The number of aryl methyl sites for hydroxylation is 1. The van der Waals surface area contributed by atoms with Gasteiger partial charge in [0.25, 0.3) is 0 Å². The fraction of sp³-hybridized carbons (Fsp3) is 0.611. The fourth-order valence-corrected chi connectivity index (χ4v) is 3.87. The summed E-state index contributed by atoms with van der Waals surface area (Å²) in [6.45, 7) is 7.50. The SMILES string of the molecule is CCn1c(CC2(O)CCCC(C)C2C)nc2ccccc21. The summed E-state index contributed by atoms with van der Waals surface area (Å²) < 4.78 is 2.25. The molecule has 3 heteroatoms. The van der Waals surface area contributed by atoms with Crippen molar-refractivity contribution in [1.82, 2.24) is 9.55 Å². The molecule has 114 valence electrons. The lowest BCUT2D eigenvalue weighted by atomic mass is 9.69. The van der Waals surface area contributed by atoms with Crippen LogP contribution in [0.1, 0.15) is 45.9 Å². The summed E-state index contributed by atoms with van der Waals surface area (Å²) in [6.07, 6.45) is 3.91. The average Bonchev–Trinajstić information content (AvgIpc) is 2.81. The third-order valence-corrected chi connectivity index (χ3v) is 5.48. The first-order chi connectivity index (χ1) is 10.0. The van der Waals surface area contributed by atoms with Gasteiger partial charge in [-0.2, -0.15) is 0 Å². The van der Waals surface area contributed by atoms with E-state index in [1.165, 1.54) is 11.9 Å². The minimum atomic E-state index is -0.605. The van der Waals surface area contributed by atoms with Crippen molar-refractivity contribution < 1.29 is 5.11 Å². The Kier molecular flexibility index (Phi) is 3.78. The Balaban J connectivity index is 1.97. The second-order valence-corrected chi connectivity index (χ2v) is 6.70. The molecule has 3 nitrogen and oxygen atoms in total. The van der Waals surface area contributed by atoms with Gasteiger partial charge in [-0.25, -0.2) is 4.98 Å². The molecule has 0 radical (unpaired) electrons. The third kappa shape index (κ3) is 2.48. The Hall–Kier alpha value is -1.35. The maximum atomic E-state index is 11.2.